The fourth-order valence-corrected chi connectivity index (χ4v) is 3.58. The van der Waals surface area contributed by atoms with Crippen molar-refractivity contribution in [3.05, 3.63) is 66.0 Å². The minimum atomic E-state index is -0.293. The van der Waals surface area contributed by atoms with Gasteiger partial charge in [0.05, 0.1) is 16.8 Å². The van der Waals surface area contributed by atoms with Crippen LogP contribution in [0.5, 0.6) is 0 Å². The Morgan fingerprint density at radius 1 is 1.19 bits per heavy atom. The lowest BCUT2D eigenvalue weighted by molar-refractivity contribution is 0.0953. The molecule has 138 valence electrons. The Hall–Kier alpha value is -2.79. The Bertz CT molecular complexity index is 949. The largest absolute Gasteiger partial charge is 0.352 e. The molecule has 0 radical (unpaired) electrons. The van der Waals surface area contributed by atoms with Crippen LogP contribution in [-0.2, 0) is 0 Å². The van der Waals surface area contributed by atoms with Crippen LogP contribution in [0.25, 0.3) is 22.2 Å². The summed E-state index contributed by atoms with van der Waals surface area (Å²) in [7, 11) is 0. The lowest BCUT2D eigenvalue weighted by atomic mass is 10.0. The zero-order chi connectivity index (χ0) is 18.6. The summed E-state index contributed by atoms with van der Waals surface area (Å²) >= 11 is 0. The van der Waals surface area contributed by atoms with Crippen molar-refractivity contribution in [3.63, 3.8) is 0 Å². The molecule has 2 aromatic carbocycles. The molecule has 1 aliphatic heterocycles. The van der Waals surface area contributed by atoms with Gasteiger partial charge in [0.15, 0.2) is 0 Å². The number of benzene rings is 2. The second-order valence-corrected chi connectivity index (χ2v) is 6.98. The molecule has 4 rings (SSSR count). The Balaban J connectivity index is 1.61. The molecule has 0 aliphatic carbocycles. The number of hydrogen-bond donors (Lipinski definition) is 2. The second kappa shape index (κ2) is 7.84. The van der Waals surface area contributed by atoms with E-state index in [-0.39, 0.29) is 11.7 Å². The Labute approximate surface area is 157 Å². The third-order valence-corrected chi connectivity index (χ3v) is 5.10. The summed E-state index contributed by atoms with van der Waals surface area (Å²) in [4.78, 5) is 17.5. The summed E-state index contributed by atoms with van der Waals surface area (Å²) in [6.45, 7) is 2.76. The molecule has 3 aromatic rings. The Kier molecular flexibility index (Phi) is 5.12. The predicted octanol–water partition coefficient (Wildman–Crippen LogP) is 3.77. The molecule has 1 aromatic heterocycles. The van der Waals surface area contributed by atoms with E-state index in [1.165, 1.54) is 18.6 Å². The van der Waals surface area contributed by atoms with Gasteiger partial charge in [0.25, 0.3) is 5.91 Å². The fourth-order valence-electron chi connectivity index (χ4n) is 3.58. The van der Waals surface area contributed by atoms with Gasteiger partial charge in [-0.3, -0.25) is 4.79 Å². The van der Waals surface area contributed by atoms with Crippen LogP contribution in [0.4, 0.5) is 4.39 Å². The average molecular weight is 363 g/mol. The van der Waals surface area contributed by atoms with Gasteiger partial charge >= 0.3 is 0 Å². The summed E-state index contributed by atoms with van der Waals surface area (Å²) in [6.07, 6.45) is 2.15. The number of pyridine rings is 1. The number of nitrogens with one attached hydrogen (secondary N) is 2. The fraction of sp³-hybridized carbons (Fsp3) is 0.273. The first-order valence-corrected chi connectivity index (χ1v) is 9.35. The standard InChI is InChI=1S/C22H22FN3O/c23-17-7-5-16(6-8-17)21-13-19(18-3-1-2-4-20(18)26-21)22(27)25-12-10-15-9-11-24-14-15/h1-8,13,15,24H,9-12,14H2,(H,25,27). The number of aromatic nitrogens is 1. The van der Waals surface area contributed by atoms with Crippen molar-refractivity contribution in [1.82, 2.24) is 15.6 Å². The zero-order valence-electron chi connectivity index (χ0n) is 15.0. The maximum atomic E-state index is 13.2. The van der Waals surface area contributed by atoms with Crippen molar-refractivity contribution in [2.75, 3.05) is 19.6 Å². The van der Waals surface area contributed by atoms with Gasteiger partial charge in [0.2, 0.25) is 0 Å². The van der Waals surface area contributed by atoms with E-state index in [0.29, 0.717) is 23.7 Å². The highest BCUT2D eigenvalue weighted by Gasteiger charge is 2.16. The van der Waals surface area contributed by atoms with Crippen molar-refractivity contribution in [3.8, 4) is 11.3 Å². The summed E-state index contributed by atoms with van der Waals surface area (Å²) < 4.78 is 13.2. The molecular weight excluding hydrogens is 341 g/mol. The van der Waals surface area contributed by atoms with Gasteiger partial charge in [-0.05, 0) is 68.2 Å². The van der Waals surface area contributed by atoms with Crippen molar-refractivity contribution >= 4 is 16.8 Å². The van der Waals surface area contributed by atoms with Crippen LogP contribution < -0.4 is 10.6 Å². The van der Waals surface area contributed by atoms with Gasteiger partial charge in [0.1, 0.15) is 5.82 Å². The van der Waals surface area contributed by atoms with Gasteiger partial charge < -0.3 is 10.6 Å². The summed E-state index contributed by atoms with van der Waals surface area (Å²) in [5.41, 5.74) is 2.81. The average Bonchev–Trinajstić information content (AvgIpc) is 3.21. The number of fused-ring (bicyclic) bond motifs is 1. The summed E-state index contributed by atoms with van der Waals surface area (Å²) in [5, 5.41) is 7.22. The lowest BCUT2D eigenvalue weighted by Crippen LogP contribution is -2.26. The molecule has 1 fully saturated rings. The van der Waals surface area contributed by atoms with Crippen LogP contribution >= 0.6 is 0 Å². The minimum absolute atomic E-state index is 0.0945. The van der Waals surface area contributed by atoms with Gasteiger partial charge in [-0.25, -0.2) is 9.37 Å². The number of nitrogens with zero attached hydrogens (tertiary/aromatic N) is 1. The Morgan fingerprint density at radius 2 is 2.00 bits per heavy atom. The molecule has 1 saturated heterocycles. The van der Waals surface area contributed by atoms with Crippen LogP contribution in [0.1, 0.15) is 23.2 Å². The van der Waals surface area contributed by atoms with Crippen LogP contribution in [0.2, 0.25) is 0 Å². The molecule has 0 bridgehead atoms. The maximum absolute atomic E-state index is 13.2. The predicted molar refractivity (Wildman–Crippen MR) is 105 cm³/mol. The van der Waals surface area contributed by atoms with Crippen LogP contribution in [-0.4, -0.2) is 30.5 Å². The van der Waals surface area contributed by atoms with E-state index in [2.05, 4.69) is 15.6 Å². The smallest absolute Gasteiger partial charge is 0.252 e. The highest BCUT2D eigenvalue weighted by atomic mass is 19.1. The molecule has 0 spiro atoms. The van der Waals surface area contributed by atoms with Crippen molar-refractivity contribution in [2.24, 2.45) is 5.92 Å². The molecule has 2 N–H and O–H groups in total. The minimum Gasteiger partial charge on any atom is -0.352 e. The van der Waals surface area contributed by atoms with Gasteiger partial charge in [-0.15, -0.1) is 0 Å². The third-order valence-electron chi connectivity index (χ3n) is 5.10. The first-order chi connectivity index (χ1) is 13.2. The highest BCUT2D eigenvalue weighted by molar-refractivity contribution is 6.07. The number of halogens is 1. The number of rotatable bonds is 5. The number of hydrogen-bond acceptors (Lipinski definition) is 3. The van der Waals surface area contributed by atoms with Crippen LogP contribution in [0.3, 0.4) is 0 Å². The van der Waals surface area contributed by atoms with Gasteiger partial charge in [0, 0.05) is 17.5 Å². The molecule has 2 heterocycles. The molecular formula is C22H22FN3O. The van der Waals surface area contributed by atoms with E-state index in [1.807, 2.05) is 24.3 Å². The zero-order valence-corrected chi connectivity index (χ0v) is 15.0. The van der Waals surface area contributed by atoms with Gasteiger partial charge in [-0.2, -0.15) is 0 Å². The van der Waals surface area contributed by atoms with Crippen LogP contribution in [0, 0.1) is 11.7 Å². The molecule has 1 atom stereocenters. The van der Waals surface area contributed by atoms with E-state index < -0.39 is 0 Å². The van der Waals surface area contributed by atoms with Crippen molar-refractivity contribution < 1.29 is 9.18 Å². The third kappa shape index (κ3) is 3.98. The molecule has 27 heavy (non-hydrogen) atoms. The molecule has 4 nitrogen and oxygen atoms in total. The van der Waals surface area contributed by atoms with Crippen LogP contribution in [0.15, 0.2) is 54.6 Å². The van der Waals surface area contributed by atoms with E-state index in [9.17, 15) is 9.18 Å². The topological polar surface area (TPSA) is 54.0 Å². The SMILES string of the molecule is O=C(NCCC1CCNC1)c1cc(-c2ccc(F)cc2)nc2ccccc12. The number of carbonyl (C=O) groups is 1. The lowest BCUT2D eigenvalue weighted by Gasteiger charge is -2.12. The van der Waals surface area contributed by atoms with E-state index in [1.54, 1.807) is 18.2 Å². The summed E-state index contributed by atoms with van der Waals surface area (Å²) in [5.74, 6) is 0.246. The first-order valence-electron chi connectivity index (χ1n) is 9.35. The van der Waals surface area contributed by atoms with Crippen molar-refractivity contribution in [1.29, 1.82) is 0 Å². The highest BCUT2D eigenvalue weighted by Crippen LogP contribution is 2.25. The quantitative estimate of drug-likeness (QED) is 0.726. The normalized spacial score (nSPS) is 16.6. The van der Waals surface area contributed by atoms with E-state index >= 15 is 0 Å². The first kappa shape index (κ1) is 17.6. The molecule has 1 amide bonds. The second-order valence-electron chi connectivity index (χ2n) is 6.98. The number of carbonyl (C=O) groups excluding carboxylic acids is 1. The van der Waals surface area contributed by atoms with E-state index in [4.69, 9.17) is 0 Å². The molecule has 0 saturated carbocycles. The molecule has 5 heteroatoms. The number of amides is 1. The monoisotopic (exact) mass is 363 g/mol. The Morgan fingerprint density at radius 3 is 2.78 bits per heavy atom. The number of para-hydroxylation sites is 1. The maximum Gasteiger partial charge on any atom is 0.252 e. The van der Waals surface area contributed by atoms with Gasteiger partial charge in [-0.1, -0.05) is 18.2 Å². The molecule has 1 unspecified atom stereocenters. The van der Waals surface area contributed by atoms with Crippen molar-refractivity contribution in [2.45, 2.75) is 12.8 Å². The molecule has 1 aliphatic rings. The summed E-state index contributed by atoms with van der Waals surface area (Å²) in [6, 6.07) is 15.6. The van der Waals surface area contributed by atoms with E-state index in [0.717, 1.165) is 36.0 Å².